The van der Waals surface area contributed by atoms with Crippen molar-refractivity contribution >= 4 is 5.78 Å². The molecule has 4 rings (SSSR count). The molecule has 9 nitrogen and oxygen atoms in total. The number of fused-ring (bicyclic) bond motifs is 1. The predicted molar refractivity (Wildman–Crippen MR) is 98.9 cm³/mol. The van der Waals surface area contributed by atoms with Gasteiger partial charge in [0.25, 0.3) is 11.3 Å². The van der Waals surface area contributed by atoms with Crippen LogP contribution in [0.2, 0.25) is 0 Å². The normalized spacial score (nSPS) is 11.4. The summed E-state index contributed by atoms with van der Waals surface area (Å²) in [5, 5.41) is 7.15. The van der Waals surface area contributed by atoms with Gasteiger partial charge in [-0.2, -0.15) is 9.61 Å². The van der Waals surface area contributed by atoms with Crippen molar-refractivity contribution in [1.82, 2.24) is 34.3 Å². The fraction of sp³-hybridized carbons (Fsp3) is 0.222. The average molecular weight is 365 g/mol. The summed E-state index contributed by atoms with van der Waals surface area (Å²) in [5.41, 5.74) is 2.49. The van der Waals surface area contributed by atoms with Gasteiger partial charge >= 0.3 is 0 Å². The Kier molecular flexibility index (Phi) is 4.43. The first kappa shape index (κ1) is 17.0. The summed E-state index contributed by atoms with van der Waals surface area (Å²) in [6, 6.07) is 9.24. The molecule has 0 aliphatic carbocycles. The number of hydrogen-bond donors (Lipinski definition) is 1. The van der Waals surface area contributed by atoms with Crippen molar-refractivity contribution < 1.29 is 4.74 Å². The van der Waals surface area contributed by atoms with Crippen molar-refractivity contribution in [2.75, 3.05) is 14.2 Å². The van der Waals surface area contributed by atoms with Crippen molar-refractivity contribution in [2.45, 2.75) is 13.1 Å². The van der Waals surface area contributed by atoms with Crippen molar-refractivity contribution in [3.8, 4) is 11.4 Å². The van der Waals surface area contributed by atoms with Gasteiger partial charge in [0.05, 0.1) is 24.7 Å². The molecule has 3 heterocycles. The molecule has 1 N–H and O–H groups in total. The number of aromatic amines is 1. The van der Waals surface area contributed by atoms with Crippen molar-refractivity contribution in [3.05, 3.63) is 70.7 Å². The molecule has 0 saturated carbocycles. The van der Waals surface area contributed by atoms with E-state index in [1.54, 1.807) is 7.11 Å². The van der Waals surface area contributed by atoms with E-state index in [1.165, 1.54) is 16.9 Å². The molecular formula is C18H19N7O2. The summed E-state index contributed by atoms with van der Waals surface area (Å²) < 4.78 is 8.38. The van der Waals surface area contributed by atoms with E-state index in [9.17, 15) is 4.79 Å². The van der Waals surface area contributed by atoms with E-state index in [0.29, 0.717) is 24.6 Å². The number of aromatic nitrogens is 6. The Labute approximate surface area is 154 Å². The van der Waals surface area contributed by atoms with Crippen LogP contribution < -0.4 is 10.3 Å². The highest BCUT2D eigenvalue weighted by Gasteiger charge is 2.09. The molecule has 0 spiro atoms. The molecule has 1 aromatic carbocycles. The van der Waals surface area contributed by atoms with Crippen molar-refractivity contribution in [1.29, 1.82) is 0 Å². The van der Waals surface area contributed by atoms with E-state index in [1.807, 2.05) is 48.4 Å². The molecule has 0 radical (unpaired) electrons. The first-order valence-electron chi connectivity index (χ1n) is 8.41. The number of nitrogens with one attached hydrogen (secondary N) is 1. The fourth-order valence-corrected chi connectivity index (χ4v) is 2.93. The summed E-state index contributed by atoms with van der Waals surface area (Å²) >= 11 is 0. The van der Waals surface area contributed by atoms with Gasteiger partial charge in [0, 0.05) is 37.0 Å². The monoisotopic (exact) mass is 365 g/mol. The van der Waals surface area contributed by atoms with Crippen LogP contribution in [0.25, 0.3) is 11.5 Å². The Bertz CT molecular complexity index is 1130. The van der Waals surface area contributed by atoms with Crippen LogP contribution in [0.5, 0.6) is 5.75 Å². The van der Waals surface area contributed by atoms with Gasteiger partial charge in [-0.3, -0.25) is 14.8 Å². The van der Waals surface area contributed by atoms with Crippen LogP contribution in [0, 0.1) is 0 Å². The lowest BCUT2D eigenvalue weighted by Gasteiger charge is -2.14. The molecule has 138 valence electrons. The molecule has 0 unspecified atom stereocenters. The number of hydrogen-bond acceptors (Lipinski definition) is 6. The quantitative estimate of drug-likeness (QED) is 0.553. The van der Waals surface area contributed by atoms with Gasteiger partial charge in [-0.15, -0.1) is 0 Å². The molecule has 0 atom stereocenters. The largest absolute Gasteiger partial charge is 0.497 e. The molecule has 0 bridgehead atoms. The third-order valence-corrected chi connectivity index (χ3v) is 4.16. The van der Waals surface area contributed by atoms with Crippen molar-refractivity contribution in [2.24, 2.45) is 0 Å². The van der Waals surface area contributed by atoms with Gasteiger partial charge in [-0.25, -0.2) is 14.6 Å². The SMILES string of the molecule is COc1cccc(-n2cc(CN(C)Cc3cc(=O)n4[nH]cnc4n3)cn2)c1. The number of H-pyrrole nitrogens is 1. The zero-order valence-electron chi connectivity index (χ0n) is 15.0. The van der Waals surface area contributed by atoms with Crippen LogP contribution in [0.3, 0.4) is 0 Å². The molecule has 0 amide bonds. The van der Waals surface area contributed by atoms with E-state index in [2.05, 4.69) is 25.1 Å². The number of benzene rings is 1. The molecule has 9 heteroatoms. The number of nitrogens with zero attached hydrogens (tertiary/aromatic N) is 6. The topological polar surface area (TPSA) is 93.3 Å². The smallest absolute Gasteiger partial charge is 0.274 e. The number of rotatable bonds is 6. The summed E-state index contributed by atoms with van der Waals surface area (Å²) in [4.78, 5) is 22.5. The molecule has 4 aromatic rings. The molecule has 0 aliphatic rings. The maximum Gasteiger partial charge on any atom is 0.274 e. The van der Waals surface area contributed by atoms with Crippen LogP contribution >= 0.6 is 0 Å². The molecule has 3 aromatic heterocycles. The minimum Gasteiger partial charge on any atom is -0.497 e. The Morgan fingerprint density at radius 1 is 1.26 bits per heavy atom. The predicted octanol–water partition coefficient (Wildman–Crippen LogP) is 1.24. The molecule has 0 fully saturated rings. The number of methoxy groups -OCH3 is 1. The lowest BCUT2D eigenvalue weighted by atomic mass is 10.3. The summed E-state index contributed by atoms with van der Waals surface area (Å²) in [6.45, 7) is 1.20. The molecule has 0 saturated heterocycles. The molecule has 27 heavy (non-hydrogen) atoms. The van der Waals surface area contributed by atoms with Gasteiger partial charge in [0.2, 0.25) is 0 Å². The van der Waals surface area contributed by atoms with Gasteiger partial charge < -0.3 is 4.74 Å². The van der Waals surface area contributed by atoms with E-state index in [-0.39, 0.29) is 5.56 Å². The van der Waals surface area contributed by atoms with Crippen LogP contribution in [0.15, 0.2) is 53.8 Å². The second kappa shape index (κ2) is 7.04. The van der Waals surface area contributed by atoms with Gasteiger partial charge in [0.1, 0.15) is 12.1 Å². The first-order chi connectivity index (χ1) is 13.1. The van der Waals surface area contributed by atoms with E-state index >= 15 is 0 Å². The maximum atomic E-state index is 12.0. The summed E-state index contributed by atoms with van der Waals surface area (Å²) in [7, 11) is 3.61. The highest BCUT2D eigenvalue weighted by atomic mass is 16.5. The lowest BCUT2D eigenvalue weighted by molar-refractivity contribution is 0.315. The summed E-state index contributed by atoms with van der Waals surface area (Å²) in [5.74, 6) is 1.16. The van der Waals surface area contributed by atoms with Crippen LogP contribution in [0.4, 0.5) is 0 Å². The Hall–Kier alpha value is -3.46. The van der Waals surface area contributed by atoms with Crippen LogP contribution in [0.1, 0.15) is 11.3 Å². The second-order valence-corrected chi connectivity index (χ2v) is 6.28. The standard InChI is InChI=1S/C18H19N7O2/c1-23(11-14-6-17(26)25-18(22-14)19-12-21-25)9-13-8-20-24(10-13)15-4-3-5-16(7-15)27-2/h3-8,10,12H,9,11H2,1-2H3,(H,19,21,22). The summed E-state index contributed by atoms with van der Waals surface area (Å²) in [6.07, 6.45) is 5.25. The minimum atomic E-state index is -0.174. The lowest BCUT2D eigenvalue weighted by Crippen LogP contribution is -2.21. The van der Waals surface area contributed by atoms with Gasteiger partial charge in [0.15, 0.2) is 0 Å². The third kappa shape index (κ3) is 3.58. The van der Waals surface area contributed by atoms with Gasteiger partial charge in [-0.05, 0) is 19.2 Å². The maximum absolute atomic E-state index is 12.0. The third-order valence-electron chi connectivity index (χ3n) is 4.16. The van der Waals surface area contributed by atoms with E-state index in [4.69, 9.17) is 4.74 Å². The second-order valence-electron chi connectivity index (χ2n) is 6.28. The Morgan fingerprint density at radius 2 is 2.15 bits per heavy atom. The van der Waals surface area contributed by atoms with Gasteiger partial charge in [-0.1, -0.05) is 6.07 Å². The Morgan fingerprint density at radius 3 is 3.00 bits per heavy atom. The van der Waals surface area contributed by atoms with E-state index < -0.39 is 0 Å². The van der Waals surface area contributed by atoms with Crippen LogP contribution in [-0.4, -0.2) is 48.4 Å². The number of ether oxygens (including phenoxy) is 1. The van der Waals surface area contributed by atoms with Crippen LogP contribution in [-0.2, 0) is 13.1 Å². The van der Waals surface area contributed by atoms with E-state index in [0.717, 1.165) is 17.0 Å². The highest BCUT2D eigenvalue weighted by Crippen LogP contribution is 2.16. The molecular weight excluding hydrogens is 346 g/mol. The highest BCUT2D eigenvalue weighted by molar-refractivity contribution is 5.38. The Balaban J connectivity index is 1.47. The molecule has 0 aliphatic heterocycles. The minimum absolute atomic E-state index is 0.174. The van der Waals surface area contributed by atoms with Crippen molar-refractivity contribution in [3.63, 3.8) is 0 Å². The fourth-order valence-electron chi connectivity index (χ4n) is 2.93. The zero-order valence-corrected chi connectivity index (χ0v) is 15.0. The first-order valence-corrected chi connectivity index (χ1v) is 8.41. The average Bonchev–Trinajstić information content (AvgIpc) is 3.31. The zero-order chi connectivity index (χ0) is 18.8.